The average Bonchev–Trinajstić information content (AvgIpc) is 2.84. The summed E-state index contributed by atoms with van der Waals surface area (Å²) in [6.45, 7) is 1.84. The molecular formula is C14H15F2NO2. The van der Waals surface area contributed by atoms with Gasteiger partial charge in [-0.25, -0.2) is 8.78 Å². The number of benzene rings is 1. The van der Waals surface area contributed by atoms with Crippen molar-refractivity contribution in [2.75, 3.05) is 0 Å². The van der Waals surface area contributed by atoms with Crippen molar-refractivity contribution in [1.82, 2.24) is 5.32 Å². The van der Waals surface area contributed by atoms with Crippen LogP contribution in [-0.2, 0) is 13.2 Å². The lowest BCUT2D eigenvalue weighted by Crippen LogP contribution is -2.20. The molecule has 1 aromatic heterocycles. The van der Waals surface area contributed by atoms with E-state index in [2.05, 4.69) is 5.32 Å². The van der Waals surface area contributed by atoms with Crippen LogP contribution in [0.1, 0.15) is 30.0 Å². The number of aliphatic hydroxyl groups excluding tert-OH is 1. The second-order valence-corrected chi connectivity index (χ2v) is 4.26. The highest BCUT2D eigenvalue weighted by Gasteiger charge is 2.15. The molecule has 0 bridgehead atoms. The molecule has 0 saturated heterocycles. The molecule has 0 aliphatic carbocycles. The van der Waals surface area contributed by atoms with Gasteiger partial charge in [0, 0.05) is 11.6 Å². The largest absolute Gasteiger partial charge is 0.462 e. The summed E-state index contributed by atoms with van der Waals surface area (Å²) < 4.78 is 32.4. The highest BCUT2D eigenvalue weighted by molar-refractivity contribution is 5.22. The summed E-state index contributed by atoms with van der Waals surface area (Å²) in [5.74, 6) is -0.0832. The Morgan fingerprint density at radius 1 is 1.16 bits per heavy atom. The zero-order valence-corrected chi connectivity index (χ0v) is 10.5. The van der Waals surface area contributed by atoms with Gasteiger partial charge in [-0.1, -0.05) is 6.07 Å². The van der Waals surface area contributed by atoms with E-state index in [0.717, 1.165) is 0 Å². The standard InChI is InChI=1S/C14H15F2NO2/c1-9(14-12(15)3-2-4-13(14)16)17-7-10-5-6-11(8-18)19-10/h2-6,9,17-18H,7-8H2,1H3. The Morgan fingerprint density at radius 2 is 1.79 bits per heavy atom. The lowest BCUT2D eigenvalue weighted by atomic mass is 10.1. The predicted octanol–water partition coefficient (Wildman–Crippen LogP) is 2.90. The molecule has 2 rings (SSSR count). The quantitative estimate of drug-likeness (QED) is 0.875. The summed E-state index contributed by atoms with van der Waals surface area (Å²) >= 11 is 0. The fourth-order valence-corrected chi connectivity index (χ4v) is 1.88. The minimum absolute atomic E-state index is 0.0106. The number of rotatable bonds is 5. The molecule has 0 aliphatic rings. The van der Waals surface area contributed by atoms with E-state index >= 15 is 0 Å². The van der Waals surface area contributed by atoms with E-state index in [1.165, 1.54) is 18.2 Å². The van der Waals surface area contributed by atoms with Gasteiger partial charge in [0.05, 0.1) is 6.54 Å². The van der Waals surface area contributed by atoms with Crippen LogP contribution in [0.5, 0.6) is 0 Å². The van der Waals surface area contributed by atoms with Crippen LogP contribution in [0, 0.1) is 11.6 Å². The topological polar surface area (TPSA) is 45.4 Å². The van der Waals surface area contributed by atoms with Crippen LogP contribution in [0.4, 0.5) is 8.78 Å². The summed E-state index contributed by atoms with van der Waals surface area (Å²) in [6, 6.07) is 6.68. The van der Waals surface area contributed by atoms with Gasteiger partial charge in [0.25, 0.3) is 0 Å². The maximum Gasteiger partial charge on any atom is 0.130 e. The average molecular weight is 267 g/mol. The second kappa shape index (κ2) is 5.95. The van der Waals surface area contributed by atoms with Gasteiger partial charge in [-0.2, -0.15) is 0 Å². The maximum absolute atomic E-state index is 13.5. The van der Waals surface area contributed by atoms with Crippen LogP contribution in [-0.4, -0.2) is 5.11 Å². The van der Waals surface area contributed by atoms with Crippen molar-refractivity contribution in [2.45, 2.75) is 26.1 Å². The van der Waals surface area contributed by atoms with Crippen molar-refractivity contribution in [1.29, 1.82) is 0 Å². The fraction of sp³-hybridized carbons (Fsp3) is 0.286. The molecule has 0 saturated carbocycles. The highest BCUT2D eigenvalue weighted by Crippen LogP contribution is 2.20. The van der Waals surface area contributed by atoms with E-state index < -0.39 is 17.7 Å². The molecule has 1 heterocycles. The van der Waals surface area contributed by atoms with Crippen LogP contribution in [0.25, 0.3) is 0 Å². The molecular weight excluding hydrogens is 252 g/mol. The number of hydrogen-bond donors (Lipinski definition) is 2. The Bertz CT molecular complexity index is 534. The third kappa shape index (κ3) is 3.19. The molecule has 2 aromatic rings. The first-order chi connectivity index (χ1) is 9.11. The molecule has 3 nitrogen and oxygen atoms in total. The lowest BCUT2D eigenvalue weighted by Gasteiger charge is -2.14. The summed E-state index contributed by atoms with van der Waals surface area (Å²) in [5, 5.41) is 11.8. The van der Waals surface area contributed by atoms with E-state index in [0.29, 0.717) is 18.1 Å². The monoisotopic (exact) mass is 267 g/mol. The minimum Gasteiger partial charge on any atom is -0.462 e. The molecule has 0 radical (unpaired) electrons. The second-order valence-electron chi connectivity index (χ2n) is 4.26. The van der Waals surface area contributed by atoms with Gasteiger partial charge in [-0.05, 0) is 31.2 Å². The molecule has 0 amide bonds. The molecule has 5 heteroatoms. The first-order valence-corrected chi connectivity index (χ1v) is 5.97. The first kappa shape index (κ1) is 13.7. The van der Waals surface area contributed by atoms with Crippen LogP contribution in [0.15, 0.2) is 34.7 Å². The minimum atomic E-state index is -0.574. The lowest BCUT2D eigenvalue weighted by molar-refractivity contribution is 0.242. The van der Waals surface area contributed by atoms with Crippen LogP contribution in [0.2, 0.25) is 0 Å². The fourth-order valence-electron chi connectivity index (χ4n) is 1.88. The van der Waals surface area contributed by atoms with Crippen molar-refractivity contribution in [2.24, 2.45) is 0 Å². The third-order valence-corrected chi connectivity index (χ3v) is 2.89. The summed E-state index contributed by atoms with van der Waals surface area (Å²) in [5.41, 5.74) is 0.0106. The first-order valence-electron chi connectivity index (χ1n) is 5.97. The Morgan fingerprint density at radius 3 is 2.37 bits per heavy atom. The SMILES string of the molecule is CC(NCc1ccc(CO)o1)c1c(F)cccc1F. The maximum atomic E-state index is 13.5. The Balaban J connectivity index is 2.03. The summed E-state index contributed by atoms with van der Waals surface area (Å²) in [7, 11) is 0. The number of aliphatic hydroxyl groups is 1. The molecule has 0 aliphatic heterocycles. The Hall–Kier alpha value is -1.72. The van der Waals surface area contributed by atoms with Gasteiger partial charge in [-0.3, -0.25) is 0 Å². The van der Waals surface area contributed by atoms with Gasteiger partial charge < -0.3 is 14.8 Å². The van der Waals surface area contributed by atoms with Gasteiger partial charge in [0.2, 0.25) is 0 Å². The van der Waals surface area contributed by atoms with E-state index in [4.69, 9.17) is 9.52 Å². The van der Waals surface area contributed by atoms with Crippen LogP contribution < -0.4 is 5.32 Å². The van der Waals surface area contributed by atoms with Crippen molar-refractivity contribution in [3.05, 3.63) is 59.1 Å². The van der Waals surface area contributed by atoms with Crippen LogP contribution in [0.3, 0.4) is 0 Å². The van der Waals surface area contributed by atoms with Crippen LogP contribution >= 0.6 is 0 Å². The highest BCUT2D eigenvalue weighted by atomic mass is 19.1. The smallest absolute Gasteiger partial charge is 0.130 e. The molecule has 1 aromatic carbocycles. The van der Waals surface area contributed by atoms with Crippen molar-refractivity contribution < 1.29 is 18.3 Å². The number of nitrogens with one attached hydrogen (secondary N) is 1. The van der Waals surface area contributed by atoms with E-state index in [-0.39, 0.29) is 12.2 Å². The summed E-state index contributed by atoms with van der Waals surface area (Å²) in [6.07, 6.45) is 0. The predicted molar refractivity (Wildman–Crippen MR) is 66.2 cm³/mol. The molecule has 19 heavy (non-hydrogen) atoms. The van der Waals surface area contributed by atoms with Crippen molar-refractivity contribution in [3.63, 3.8) is 0 Å². The molecule has 1 atom stereocenters. The van der Waals surface area contributed by atoms with E-state index in [9.17, 15) is 8.78 Å². The molecule has 102 valence electrons. The zero-order valence-electron chi connectivity index (χ0n) is 10.5. The summed E-state index contributed by atoms with van der Waals surface area (Å²) in [4.78, 5) is 0. The number of furan rings is 1. The van der Waals surface area contributed by atoms with Crippen molar-refractivity contribution in [3.8, 4) is 0 Å². The zero-order chi connectivity index (χ0) is 13.8. The number of halogens is 2. The molecule has 1 unspecified atom stereocenters. The van der Waals surface area contributed by atoms with Gasteiger partial charge >= 0.3 is 0 Å². The normalized spacial score (nSPS) is 12.6. The third-order valence-electron chi connectivity index (χ3n) is 2.89. The van der Waals surface area contributed by atoms with Crippen molar-refractivity contribution >= 4 is 0 Å². The molecule has 2 N–H and O–H groups in total. The molecule has 0 fully saturated rings. The molecule has 0 spiro atoms. The van der Waals surface area contributed by atoms with Gasteiger partial charge in [0.15, 0.2) is 0 Å². The Labute approximate surface area is 109 Å². The van der Waals surface area contributed by atoms with Gasteiger partial charge in [0.1, 0.15) is 29.8 Å². The van der Waals surface area contributed by atoms with E-state index in [1.54, 1.807) is 19.1 Å². The Kier molecular flexibility index (Phi) is 4.29. The number of hydrogen-bond acceptors (Lipinski definition) is 3. The van der Waals surface area contributed by atoms with E-state index in [1.807, 2.05) is 0 Å². The van der Waals surface area contributed by atoms with Gasteiger partial charge in [-0.15, -0.1) is 0 Å².